The first-order valence-corrected chi connectivity index (χ1v) is 12.7. The Balaban J connectivity index is 4.29. The first kappa shape index (κ1) is 14.2. The molecule has 0 heterocycles. The number of rotatable bonds is 4. The third-order valence-electron chi connectivity index (χ3n) is 1.30. The van der Waals surface area contributed by atoms with Gasteiger partial charge in [-0.05, 0) is 0 Å². The van der Waals surface area contributed by atoms with E-state index in [9.17, 15) is 9.59 Å². The van der Waals surface area contributed by atoms with Gasteiger partial charge in [0.2, 0.25) is 0 Å². The average molecular weight is 319 g/mol. The van der Waals surface area contributed by atoms with Gasteiger partial charge in [-0.15, -0.1) is 0 Å². The number of carbonyl (C=O) groups excluding carboxylic acids is 2. The zero-order valence-corrected chi connectivity index (χ0v) is 12.3. The SMILES string of the molecule is C/C=C/C(=O)[O][Sn]([CH3])([CH3])[O]C(=O)/C=C/C. The van der Waals surface area contributed by atoms with Crippen LogP contribution in [-0.2, 0) is 15.7 Å². The molecular formula is C10H16O4Sn. The van der Waals surface area contributed by atoms with Crippen molar-refractivity contribution in [3.8, 4) is 0 Å². The average Bonchev–Trinajstić information content (AvgIpc) is 2.01. The van der Waals surface area contributed by atoms with E-state index in [1.165, 1.54) is 12.2 Å². The van der Waals surface area contributed by atoms with E-state index in [0.717, 1.165) is 0 Å². The Bertz CT molecular complexity index is 264. The maximum absolute atomic E-state index is 11.1. The summed E-state index contributed by atoms with van der Waals surface area (Å²) in [6.45, 7) is 3.44. The molecule has 0 N–H and O–H groups in total. The van der Waals surface area contributed by atoms with Crippen molar-refractivity contribution in [1.82, 2.24) is 0 Å². The van der Waals surface area contributed by atoms with Crippen molar-refractivity contribution in [1.29, 1.82) is 0 Å². The van der Waals surface area contributed by atoms with Crippen LogP contribution in [0.1, 0.15) is 13.8 Å². The second-order valence-electron chi connectivity index (χ2n) is 3.24. The van der Waals surface area contributed by atoms with Crippen LogP contribution in [-0.4, -0.2) is 31.1 Å². The molecule has 0 aliphatic carbocycles. The number of allylic oxidation sites excluding steroid dienone is 2. The van der Waals surface area contributed by atoms with Crippen LogP contribution in [0.2, 0.25) is 9.88 Å². The van der Waals surface area contributed by atoms with Crippen molar-refractivity contribution in [2.75, 3.05) is 0 Å². The van der Waals surface area contributed by atoms with Gasteiger partial charge in [-0.2, -0.15) is 0 Å². The summed E-state index contributed by atoms with van der Waals surface area (Å²) in [6, 6.07) is 0. The van der Waals surface area contributed by atoms with Crippen molar-refractivity contribution in [3.63, 3.8) is 0 Å². The summed E-state index contributed by atoms with van der Waals surface area (Å²) in [7, 11) is 0. The zero-order chi connectivity index (χ0) is 11.9. The molecule has 0 radical (unpaired) electrons. The minimum atomic E-state index is -3.45. The molecule has 4 nitrogen and oxygen atoms in total. The molecule has 0 aromatic carbocycles. The van der Waals surface area contributed by atoms with Gasteiger partial charge < -0.3 is 0 Å². The molecule has 0 aliphatic rings. The number of hydrogen-bond acceptors (Lipinski definition) is 4. The van der Waals surface area contributed by atoms with Crippen LogP contribution in [0.15, 0.2) is 24.3 Å². The first-order chi connectivity index (χ1) is 6.91. The second-order valence-corrected chi connectivity index (χ2v) is 12.4. The van der Waals surface area contributed by atoms with Gasteiger partial charge in [0, 0.05) is 0 Å². The molecule has 0 spiro atoms. The van der Waals surface area contributed by atoms with Gasteiger partial charge in [0.05, 0.1) is 0 Å². The molecule has 15 heavy (non-hydrogen) atoms. The Hall–Kier alpha value is -0.781. The van der Waals surface area contributed by atoms with Crippen molar-refractivity contribution >= 4 is 31.1 Å². The fraction of sp³-hybridized carbons (Fsp3) is 0.400. The van der Waals surface area contributed by atoms with E-state index < -0.39 is 31.1 Å². The molecule has 0 aliphatic heterocycles. The van der Waals surface area contributed by atoms with Crippen LogP contribution in [0.5, 0.6) is 0 Å². The molecule has 0 atom stereocenters. The van der Waals surface area contributed by atoms with Gasteiger partial charge in [0.15, 0.2) is 0 Å². The predicted octanol–water partition coefficient (Wildman–Crippen LogP) is 1.93. The summed E-state index contributed by atoms with van der Waals surface area (Å²) in [6.07, 6.45) is 5.78. The van der Waals surface area contributed by atoms with Crippen LogP contribution in [0.3, 0.4) is 0 Å². The number of carbonyl (C=O) groups is 2. The second kappa shape index (κ2) is 6.66. The van der Waals surface area contributed by atoms with E-state index in [4.69, 9.17) is 6.15 Å². The summed E-state index contributed by atoms with van der Waals surface area (Å²) in [4.78, 5) is 25.7. The predicted molar refractivity (Wildman–Crippen MR) is 59.3 cm³/mol. The third kappa shape index (κ3) is 7.18. The topological polar surface area (TPSA) is 52.6 Å². The summed E-state index contributed by atoms with van der Waals surface area (Å²) in [5.74, 6) is -0.904. The molecule has 0 unspecified atom stereocenters. The quantitative estimate of drug-likeness (QED) is 0.587. The Morgan fingerprint density at radius 1 is 0.933 bits per heavy atom. The Labute approximate surface area is 94.9 Å². The van der Waals surface area contributed by atoms with E-state index in [-0.39, 0.29) is 0 Å². The van der Waals surface area contributed by atoms with Crippen LogP contribution in [0.4, 0.5) is 0 Å². The van der Waals surface area contributed by atoms with Crippen molar-refractivity contribution < 1.29 is 15.7 Å². The van der Waals surface area contributed by atoms with Gasteiger partial charge >= 0.3 is 94.9 Å². The van der Waals surface area contributed by atoms with E-state index in [1.807, 2.05) is 0 Å². The van der Waals surface area contributed by atoms with Gasteiger partial charge in [-0.3, -0.25) is 0 Å². The zero-order valence-electron chi connectivity index (χ0n) is 9.44. The Morgan fingerprint density at radius 3 is 1.53 bits per heavy atom. The molecular weight excluding hydrogens is 303 g/mol. The number of hydrogen-bond donors (Lipinski definition) is 0. The van der Waals surface area contributed by atoms with Gasteiger partial charge in [-0.1, -0.05) is 0 Å². The van der Waals surface area contributed by atoms with Gasteiger partial charge in [-0.25, -0.2) is 0 Å². The van der Waals surface area contributed by atoms with E-state index in [1.54, 1.807) is 35.9 Å². The fourth-order valence-corrected chi connectivity index (χ4v) is 4.12. The molecule has 0 aromatic rings. The van der Waals surface area contributed by atoms with Gasteiger partial charge in [0.1, 0.15) is 0 Å². The van der Waals surface area contributed by atoms with Crippen LogP contribution in [0.25, 0.3) is 0 Å². The molecule has 0 rings (SSSR count). The molecule has 0 bridgehead atoms. The van der Waals surface area contributed by atoms with E-state index in [0.29, 0.717) is 0 Å². The standard InChI is InChI=1S/2C4H6O2.2CH3.Sn/c2*1-2-3-4(5)6;;;/h2*2-3H,1H3,(H,5,6);2*1H3;/q;;;;+2/p-2/b2*3-2+;;;. The molecule has 0 fully saturated rings. The van der Waals surface area contributed by atoms with Gasteiger partial charge in [0.25, 0.3) is 0 Å². The summed E-state index contributed by atoms with van der Waals surface area (Å²) in [5, 5.41) is 0. The Kier molecular flexibility index (Phi) is 6.31. The van der Waals surface area contributed by atoms with Crippen molar-refractivity contribution in [3.05, 3.63) is 24.3 Å². The Morgan fingerprint density at radius 2 is 1.27 bits per heavy atom. The third-order valence-corrected chi connectivity index (χ3v) is 5.25. The van der Waals surface area contributed by atoms with Crippen molar-refractivity contribution in [2.45, 2.75) is 23.7 Å². The summed E-state index contributed by atoms with van der Waals surface area (Å²) in [5.41, 5.74) is 0. The fourth-order valence-electron chi connectivity index (χ4n) is 0.846. The molecule has 0 saturated heterocycles. The first-order valence-electron chi connectivity index (χ1n) is 4.62. The molecule has 0 amide bonds. The van der Waals surface area contributed by atoms with Crippen LogP contribution >= 0.6 is 0 Å². The maximum atomic E-state index is 11.1. The summed E-state index contributed by atoms with van der Waals surface area (Å²) < 4.78 is 10.2. The minimum absolute atomic E-state index is 0.452. The van der Waals surface area contributed by atoms with E-state index >= 15 is 0 Å². The molecule has 0 aromatic heterocycles. The molecule has 84 valence electrons. The normalized spacial score (nSPS) is 12.0. The van der Waals surface area contributed by atoms with Crippen molar-refractivity contribution in [2.24, 2.45) is 0 Å². The molecule has 5 heteroatoms. The van der Waals surface area contributed by atoms with Crippen LogP contribution in [0, 0.1) is 0 Å². The monoisotopic (exact) mass is 320 g/mol. The van der Waals surface area contributed by atoms with E-state index in [2.05, 4.69) is 0 Å². The molecule has 0 saturated carbocycles. The van der Waals surface area contributed by atoms with Crippen LogP contribution < -0.4 is 0 Å². The summed E-state index contributed by atoms with van der Waals surface area (Å²) >= 11 is -3.45.